The van der Waals surface area contributed by atoms with Crippen LogP contribution in [0.2, 0.25) is 0 Å². The molecule has 0 unspecified atom stereocenters. The second kappa shape index (κ2) is 6.63. The lowest BCUT2D eigenvalue weighted by Gasteiger charge is -2.34. The van der Waals surface area contributed by atoms with Crippen LogP contribution in [-0.4, -0.2) is 53.7 Å². The third kappa shape index (κ3) is 3.13. The largest absolute Gasteiger partial charge is 0.454 e. The molecule has 6 nitrogen and oxygen atoms in total. The van der Waals surface area contributed by atoms with E-state index in [1.165, 1.54) is 5.56 Å². The number of aromatic amines is 1. The Hall–Kier alpha value is -2.99. The van der Waals surface area contributed by atoms with Crippen molar-refractivity contribution in [3.63, 3.8) is 0 Å². The summed E-state index contributed by atoms with van der Waals surface area (Å²) in [5, 5.41) is 1.13. The Kier molecular flexibility index (Phi) is 3.98. The number of benzene rings is 2. The van der Waals surface area contributed by atoms with E-state index >= 15 is 0 Å². The minimum absolute atomic E-state index is 0.106. The average Bonchev–Trinajstić information content (AvgIpc) is 3.36. The Bertz CT molecular complexity index is 989. The molecule has 0 spiro atoms. The van der Waals surface area contributed by atoms with E-state index in [0.717, 1.165) is 60.7 Å². The number of rotatable bonds is 3. The SMILES string of the molecule is O=C(c1ccc2cc[nH]c2c1)N1CCN(Cc2ccc3c(c2)OCO3)CC1. The Morgan fingerprint density at radius 3 is 2.70 bits per heavy atom. The summed E-state index contributed by atoms with van der Waals surface area (Å²) < 4.78 is 10.8. The van der Waals surface area contributed by atoms with Crippen LogP contribution in [0.1, 0.15) is 15.9 Å². The molecule has 1 N–H and O–H groups in total. The summed E-state index contributed by atoms with van der Waals surface area (Å²) in [7, 11) is 0. The highest BCUT2D eigenvalue weighted by molar-refractivity contribution is 5.98. The third-order valence-electron chi connectivity index (χ3n) is 5.30. The van der Waals surface area contributed by atoms with Gasteiger partial charge in [-0.3, -0.25) is 9.69 Å². The van der Waals surface area contributed by atoms with E-state index in [-0.39, 0.29) is 5.91 Å². The summed E-state index contributed by atoms with van der Waals surface area (Å²) in [6, 6.07) is 14.0. The predicted molar refractivity (Wildman–Crippen MR) is 102 cm³/mol. The number of piperazine rings is 1. The molecule has 3 heterocycles. The number of H-pyrrole nitrogens is 1. The smallest absolute Gasteiger partial charge is 0.254 e. The van der Waals surface area contributed by atoms with Gasteiger partial charge in [-0.25, -0.2) is 0 Å². The van der Waals surface area contributed by atoms with Gasteiger partial charge in [-0.2, -0.15) is 0 Å². The zero-order valence-electron chi connectivity index (χ0n) is 15.0. The van der Waals surface area contributed by atoms with E-state index in [2.05, 4.69) is 16.0 Å². The first-order valence-corrected chi connectivity index (χ1v) is 9.23. The van der Waals surface area contributed by atoms with Crippen LogP contribution in [0, 0.1) is 0 Å². The number of ether oxygens (including phenoxy) is 2. The molecule has 1 amide bonds. The average molecular weight is 363 g/mol. The molecule has 2 aliphatic rings. The van der Waals surface area contributed by atoms with Crippen LogP contribution >= 0.6 is 0 Å². The molecular weight excluding hydrogens is 342 g/mol. The second-order valence-electron chi connectivity index (χ2n) is 7.04. The highest BCUT2D eigenvalue weighted by Gasteiger charge is 2.23. The van der Waals surface area contributed by atoms with Crippen molar-refractivity contribution in [1.29, 1.82) is 0 Å². The van der Waals surface area contributed by atoms with E-state index in [1.54, 1.807) is 0 Å². The van der Waals surface area contributed by atoms with E-state index in [4.69, 9.17) is 9.47 Å². The van der Waals surface area contributed by atoms with Gasteiger partial charge in [0, 0.05) is 50.0 Å². The lowest BCUT2D eigenvalue weighted by molar-refractivity contribution is 0.0628. The number of nitrogens with one attached hydrogen (secondary N) is 1. The van der Waals surface area contributed by atoms with Crippen molar-refractivity contribution in [1.82, 2.24) is 14.8 Å². The summed E-state index contributed by atoms with van der Waals surface area (Å²) in [6.45, 7) is 4.37. The summed E-state index contributed by atoms with van der Waals surface area (Å²) in [6.07, 6.45) is 1.90. The standard InChI is InChI=1S/C21H21N3O3/c25-21(17-3-2-16-5-6-22-18(16)12-17)24-9-7-23(8-10-24)13-15-1-4-19-20(11-15)27-14-26-19/h1-6,11-12,22H,7-10,13-14H2. The van der Waals surface area contributed by atoms with Crippen molar-refractivity contribution in [3.05, 3.63) is 59.8 Å². The van der Waals surface area contributed by atoms with Crippen molar-refractivity contribution in [2.24, 2.45) is 0 Å². The van der Waals surface area contributed by atoms with Crippen LogP contribution < -0.4 is 9.47 Å². The third-order valence-corrected chi connectivity index (χ3v) is 5.30. The van der Waals surface area contributed by atoms with Crippen LogP contribution in [0.25, 0.3) is 10.9 Å². The molecule has 0 saturated carbocycles. The fourth-order valence-corrected chi connectivity index (χ4v) is 3.77. The Morgan fingerprint density at radius 2 is 1.81 bits per heavy atom. The number of fused-ring (bicyclic) bond motifs is 2. The number of hydrogen-bond donors (Lipinski definition) is 1. The zero-order valence-corrected chi connectivity index (χ0v) is 15.0. The molecule has 0 atom stereocenters. The zero-order chi connectivity index (χ0) is 18.2. The predicted octanol–water partition coefficient (Wildman–Crippen LogP) is 2.85. The normalized spacial score (nSPS) is 16.8. The summed E-state index contributed by atoms with van der Waals surface area (Å²) in [5.74, 6) is 1.74. The second-order valence-corrected chi connectivity index (χ2v) is 7.04. The maximum Gasteiger partial charge on any atom is 0.254 e. The molecule has 2 aromatic carbocycles. The quantitative estimate of drug-likeness (QED) is 0.777. The molecule has 0 radical (unpaired) electrons. The van der Waals surface area contributed by atoms with Crippen molar-refractivity contribution >= 4 is 16.8 Å². The highest BCUT2D eigenvalue weighted by atomic mass is 16.7. The Morgan fingerprint density at radius 1 is 0.963 bits per heavy atom. The van der Waals surface area contributed by atoms with Crippen LogP contribution in [0.4, 0.5) is 0 Å². The highest BCUT2D eigenvalue weighted by Crippen LogP contribution is 2.32. The number of amides is 1. The van der Waals surface area contributed by atoms with Crippen LogP contribution in [0.3, 0.4) is 0 Å². The lowest BCUT2D eigenvalue weighted by Crippen LogP contribution is -2.48. The van der Waals surface area contributed by atoms with Crippen LogP contribution in [0.15, 0.2) is 48.7 Å². The van der Waals surface area contributed by atoms with Crippen molar-refractivity contribution in [3.8, 4) is 11.5 Å². The Labute approximate surface area is 157 Å². The van der Waals surface area contributed by atoms with E-state index in [9.17, 15) is 4.79 Å². The fraction of sp³-hybridized carbons (Fsp3) is 0.286. The van der Waals surface area contributed by atoms with Gasteiger partial charge in [0.2, 0.25) is 6.79 Å². The summed E-state index contributed by atoms with van der Waals surface area (Å²) in [4.78, 5) is 20.3. The van der Waals surface area contributed by atoms with Gasteiger partial charge < -0.3 is 19.4 Å². The molecule has 1 aromatic heterocycles. The molecular formula is C21H21N3O3. The lowest BCUT2D eigenvalue weighted by atomic mass is 10.1. The molecule has 1 fully saturated rings. The molecule has 27 heavy (non-hydrogen) atoms. The van der Waals surface area contributed by atoms with Crippen LogP contribution in [0.5, 0.6) is 11.5 Å². The first-order chi connectivity index (χ1) is 13.3. The number of aromatic nitrogens is 1. The molecule has 0 aliphatic carbocycles. The molecule has 2 aliphatic heterocycles. The fourth-order valence-electron chi connectivity index (χ4n) is 3.77. The van der Waals surface area contributed by atoms with Crippen molar-refractivity contribution < 1.29 is 14.3 Å². The minimum Gasteiger partial charge on any atom is -0.454 e. The molecule has 138 valence electrons. The molecule has 1 saturated heterocycles. The number of carbonyl (C=O) groups excluding carboxylic acids is 1. The maximum absolute atomic E-state index is 12.8. The van der Waals surface area contributed by atoms with Crippen molar-refractivity contribution in [2.45, 2.75) is 6.54 Å². The molecule has 6 heteroatoms. The topological polar surface area (TPSA) is 57.8 Å². The summed E-state index contributed by atoms with van der Waals surface area (Å²) in [5.41, 5.74) is 2.95. The Balaban J connectivity index is 1.21. The maximum atomic E-state index is 12.8. The van der Waals surface area contributed by atoms with E-state index < -0.39 is 0 Å². The van der Waals surface area contributed by atoms with E-state index in [0.29, 0.717) is 6.79 Å². The van der Waals surface area contributed by atoms with Gasteiger partial charge in [0.25, 0.3) is 5.91 Å². The van der Waals surface area contributed by atoms with Crippen molar-refractivity contribution in [2.75, 3.05) is 33.0 Å². The number of nitrogens with zero attached hydrogens (tertiary/aromatic N) is 2. The van der Waals surface area contributed by atoms with E-state index in [1.807, 2.05) is 47.5 Å². The summed E-state index contributed by atoms with van der Waals surface area (Å²) >= 11 is 0. The first-order valence-electron chi connectivity index (χ1n) is 9.23. The van der Waals surface area contributed by atoms with Gasteiger partial charge >= 0.3 is 0 Å². The van der Waals surface area contributed by atoms with Gasteiger partial charge in [-0.1, -0.05) is 12.1 Å². The minimum atomic E-state index is 0.106. The van der Waals surface area contributed by atoms with Crippen LogP contribution in [-0.2, 0) is 6.54 Å². The first kappa shape index (κ1) is 16.2. The van der Waals surface area contributed by atoms with Gasteiger partial charge in [0.05, 0.1) is 0 Å². The van der Waals surface area contributed by atoms with Gasteiger partial charge in [0.15, 0.2) is 11.5 Å². The molecule has 5 rings (SSSR count). The molecule has 0 bridgehead atoms. The number of carbonyl (C=O) groups is 1. The molecule has 3 aromatic rings. The monoisotopic (exact) mass is 363 g/mol. The van der Waals surface area contributed by atoms with Gasteiger partial charge in [-0.05, 0) is 41.3 Å². The van der Waals surface area contributed by atoms with Gasteiger partial charge in [-0.15, -0.1) is 0 Å². The van der Waals surface area contributed by atoms with Gasteiger partial charge in [0.1, 0.15) is 0 Å². The number of hydrogen-bond acceptors (Lipinski definition) is 4.